The maximum Gasteiger partial charge on any atom is 0.162 e. The van der Waals surface area contributed by atoms with Gasteiger partial charge in [-0.15, -0.1) is 0 Å². The maximum atomic E-state index is 11.2. The van der Waals surface area contributed by atoms with E-state index in [1.54, 1.807) is 25.5 Å². The number of aromatic amines is 1. The van der Waals surface area contributed by atoms with Gasteiger partial charge in [-0.1, -0.05) is 0 Å². The van der Waals surface area contributed by atoms with Crippen molar-refractivity contribution in [2.24, 2.45) is 0 Å². The van der Waals surface area contributed by atoms with E-state index in [-0.39, 0.29) is 5.78 Å². The van der Waals surface area contributed by atoms with E-state index >= 15 is 0 Å². The predicted octanol–water partition coefficient (Wildman–Crippen LogP) is 2.07. The van der Waals surface area contributed by atoms with Gasteiger partial charge in [0, 0.05) is 29.5 Å². The maximum absolute atomic E-state index is 11.2. The molecule has 2 aromatic heterocycles. The third-order valence-corrected chi connectivity index (χ3v) is 2.17. The summed E-state index contributed by atoms with van der Waals surface area (Å²) in [4.78, 5) is 18.3. The number of H-pyrrole nitrogens is 1. The molecule has 0 unspecified atom stereocenters. The monoisotopic (exact) mass is 174 g/mol. The molecule has 0 aliphatic rings. The van der Waals surface area contributed by atoms with Crippen LogP contribution in [-0.4, -0.2) is 15.8 Å². The Bertz CT molecular complexity index is 471. The molecule has 0 fully saturated rings. The number of fused-ring (bicyclic) bond motifs is 1. The first-order valence-electron chi connectivity index (χ1n) is 4.13. The molecule has 3 heteroatoms. The van der Waals surface area contributed by atoms with E-state index in [4.69, 9.17) is 0 Å². The molecule has 0 saturated carbocycles. The zero-order valence-electron chi connectivity index (χ0n) is 7.59. The number of hydrogen-bond donors (Lipinski definition) is 1. The van der Waals surface area contributed by atoms with E-state index in [0.717, 1.165) is 16.5 Å². The number of aromatic nitrogens is 2. The molecule has 1 N–H and O–H groups in total. The second-order valence-electron chi connectivity index (χ2n) is 3.14. The molecular weight excluding hydrogens is 164 g/mol. The average Bonchev–Trinajstić information content (AvgIpc) is 2.48. The summed E-state index contributed by atoms with van der Waals surface area (Å²) in [6, 6.07) is 0. The second-order valence-corrected chi connectivity index (χ2v) is 3.14. The third kappa shape index (κ3) is 1.13. The minimum absolute atomic E-state index is 0.0682. The van der Waals surface area contributed by atoms with Crippen LogP contribution in [-0.2, 0) is 0 Å². The van der Waals surface area contributed by atoms with Gasteiger partial charge >= 0.3 is 0 Å². The van der Waals surface area contributed by atoms with Crippen molar-refractivity contribution >= 4 is 16.7 Å². The van der Waals surface area contributed by atoms with E-state index in [1.165, 1.54) is 0 Å². The van der Waals surface area contributed by atoms with E-state index in [9.17, 15) is 4.79 Å². The van der Waals surface area contributed by atoms with Gasteiger partial charge in [-0.2, -0.15) is 0 Å². The molecule has 0 aliphatic heterocycles. The van der Waals surface area contributed by atoms with Crippen LogP contribution in [0.15, 0.2) is 18.6 Å². The molecule has 0 atom stereocenters. The highest BCUT2D eigenvalue weighted by Gasteiger charge is 2.08. The normalized spacial score (nSPS) is 10.6. The Morgan fingerprint density at radius 2 is 2.23 bits per heavy atom. The molecule has 66 valence electrons. The zero-order valence-corrected chi connectivity index (χ0v) is 7.59. The zero-order chi connectivity index (χ0) is 9.42. The highest BCUT2D eigenvalue weighted by molar-refractivity contribution is 6.06. The number of nitrogens with zero attached hydrogens (tertiary/aromatic N) is 1. The van der Waals surface area contributed by atoms with Crippen LogP contribution in [0.25, 0.3) is 10.9 Å². The fourth-order valence-electron chi connectivity index (χ4n) is 1.47. The molecule has 0 spiro atoms. The number of pyridine rings is 1. The van der Waals surface area contributed by atoms with Crippen molar-refractivity contribution in [3.8, 4) is 0 Å². The fraction of sp³-hybridized carbons (Fsp3) is 0.200. The molecule has 3 nitrogen and oxygen atoms in total. The number of hydrogen-bond acceptors (Lipinski definition) is 2. The molecule has 0 amide bonds. The van der Waals surface area contributed by atoms with Gasteiger partial charge in [-0.25, -0.2) is 0 Å². The van der Waals surface area contributed by atoms with Crippen molar-refractivity contribution in [2.45, 2.75) is 13.8 Å². The molecule has 13 heavy (non-hydrogen) atoms. The first-order chi connectivity index (χ1) is 6.20. The van der Waals surface area contributed by atoms with Crippen LogP contribution in [0.5, 0.6) is 0 Å². The summed E-state index contributed by atoms with van der Waals surface area (Å²) in [6.45, 7) is 3.53. The lowest BCUT2D eigenvalue weighted by Gasteiger charge is -1.94. The summed E-state index contributed by atoms with van der Waals surface area (Å²) in [5, 5.41) is 0.910. The lowest BCUT2D eigenvalue weighted by molar-refractivity contribution is 0.101. The van der Waals surface area contributed by atoms with Gasteiger partial charge in [0.1, 0.15) is 0 Å². The Morgan fingerprint density at radius 3 is 2.92 bits per heavy atom. The number of aryl methyl sites for hydroxylation is 1. The smallest absolute Gasteiger partial charge is 0.162 e. The first kappa shape index (κ1) is 7.98. The van der Waals surface area contributed by atoms with Gasteiger partial charge < -0.3 is 4.98 Å². The van der Waals surface area contributed by atoms with E-state index < -0.39 is 0 Å². The van der Waals surface area contributed by atoms with Gasteiger partial charge in [-0.05, 0) is 19.4 Å². The topological polar surface area (TPSA) is 45.8 Å². The van der Waals surface area contributed by atoms with Gasteiger partial charge in [-0.3, -0.25) is 9.78 Å². The number of carbonyl (C=O) groups excluding carboxylic acids is 1. The molecule has 0 bridgehead atoms. The van der Waals surface area contributed by atoms with Crippen molar-refractivity contribution in [1.82, 2.24) is 9.97 Å². The highest BCUT2D eigenvalue weighted by atomic mass is 16.1. The van der Waals surface area contributed by atoms with Crippen molar-refractivity contribution < 1.29 is 4.79 Å². The Balaban J connectivity index is 2.83. The quantitative estimate of drug-likeness (QED) is 0.673. The minimum atomic E-state index is 0.0682. The summed E-state index contributed by atoms with van der Waals surface area (Å²) < 4.78 is 0. The van der Waals surface area contributed by atoms with Gasteiger partial charge in [0.05, 0.1) is 5.52 Å². The molecule has 0 radical (unpaired) electrons. The molecule has 2 rings (SSSR count). The van der Waals surface area contributed by atoms with E-state index in [1.807, 2.05) is 6.92 Å². The van der Waals surface area contributed by atoms with Gasteiger partial charge in [0.2, 0.25) is 0 Å². The molecule has 0 aromatic carbocycles. The van der Waals surface area contributed by atoms with Gasteiger partial charge in [0.15, 0.2) is 5.78 Å². The standard InChI is InChI=1S/C10H10N2O/c1-6-3-11-4-9-8(7(2)13)5-12-10(6)9/h3-5,12H,1-2H3. The Labute approximate surface area is 75.8 Å². The number of rotatable bonds is 1. The molecule has 0 aliphatic carbocycles. The fourth-order valence-corrected chi connectivity index (χ4v) is 1.47. The first-order valence-corrected chi connectivity index (χ1v) is 4.13. The average molecular weight is 174 g/mol. The van der Waals surface area contributed by atoms with E-state index in [0.29, 0.717) is 5.56 Å². The Kier molecular flexibility index (Phi) is 1.65. The van der Waals surface area contributed by atoms with Crippen LogP contribution in [0.4, 0.5) is 0 Å². The van der Waals surface area contributed by atoms with Crippen molar-refractivity contribution in [1.29, 1.82) is 0 Å². The van der Waals surface area contributed by atoms with Crippen LogP contribution in [0.1, 0.15) is 22.8 Å². The van der Waals surface area contributed by atoms with E-state index in [2.05, 4.69) is 9.97 Å². The lowest BCUT2D eigenvalue weighted by atomic mass is 10.1. The molecule has 2 aromatic rings. The molecule has 2 heterocycles. The summed E-state index contributed by atoms with van der Waals surface area (Å²) in [5.41, 5.74) is 2.77. The SMILES string of the molecule is CC(=O)c1c[nH]c2c(C)cncc12. The lowest BCUT2D eigenvalue weighted by Crippen LogP contribution is -1.89. The largest absolute Gasteiger partial charge is 0.360 e. The van der Waals surface area contributed by atoms with Crippen LogP contribution in [0.2, 0.25) is 0 Å². The van der Waals surface area contributed by atoms with Crippen molar-refractivity contribution in [3.05, 3.63) is 29.7 Å². The van der Waals surface area contributed by atoms with Crippen LogP contribution >= 0.6 is 0 Å². The van der Waals surface area contributed by atoms with Crippen molar-refractivity contribution in [2.75, 3.05) is 0 Å². The molecule has 0 saturated heterocycles. The number of carbonyl (C=O) groups is 1. The van der Waals surface area contributed by atoms with Crippen LogP contribution in [0, 0.1) is 6.92 Å². The summed E-state index contributed by atoms with van der Waals surface area (Å²) in [6.07, 6.45) is 5.24. The second kappa shape index (κ2) is 2.69. The highest BCUT2D eigenvalue weighted by Crippen LogP contribution is 2.19. The third-order valence-electron chi connectivity index (χ3n) is 2.17. The summed E-state index contributed by atoms with van der Waals surface area (Å²) in [7, 11) is 0. The van der Waals surface area contributed by atoms with Crippen LogP contribution < -0.4 is 0 Å². The summed E-state index contributed by atoms with van der Waals surface area (Å²) in [5.74, 6) is 0.0682. The number of nitrogens with one attached hydrogen (secondary N) is 1. The van der Waals surface area contributed by atoms with Crippen molar-refractivity contribution in [3.63, 3.8) is 0 Å². The number of ketones is 1. The Morgan fingerprint density at radius 1 is 1.46 bits per heavy atom. The number of Topliss-reactive ketones (excluding diaryl/α,β-unsaturated/α-hetero) is 1. The summed E-state index contributed by atoms with van der Waals surface area (Å²) >= 11 is 0. The van der Waals surface area contributed by atoms with Crippen LogP contribution in [0.3, 0.4) is 0 Å². The molecular formula is C10H10N2O. The predicted molar refractivity (Wildman–Crippen MR) is 50.8 cm³/mol. The van der Waals surface area contributed by atoms with Gasteiger partial charge in [0.25, 0.3) is 0 Å². The minimum Gasteiger partial charge on any atom is -0.360 e. The Hall–Kier alpha value is -1.64.